The molecule has 0 spiro atoms. The molecule has 1 atom stereocenters. The highest BCUT2D eigenvalue weighted by molar-refractivity contribution is 5.78. The minimum Gasteiger partial charge on any atom is -0.233 e. The van der Waals surface area contributed by atoms with Crippen molar-refractivity contribution in [2.45, 2.75) is 44.9 Å². The maximum Gasteiger partial charge on any atom is 0.160 e. The summed E-state index contributed by atoms with van der Waals surface area (Å²) in [4.78, 5) is 10.1. The highest BCUT2D eigenvalue weighted by Crippen LogP contribution is 2.39. The third kappa shape index (κ3) is 8.14. The molecule has 0 bridgehead atoms. The van der Waals surface area contributed by atoms with Gasteiger partial charge in [-0.25, -0.2) is 9.97 Å². The smallest absolute Gasteiger partial charge is 0.160 e. The molecule has 1 aromatic heterocycles. The van der Waals surface area contributed by atoms with Gasteiger partial charge in [0.25, 0.3) is 0 Å². The number of nitrogens with zero attached hydrogens (tertiary/aromatic N) is 2. The Kier molecular flexibility index (Phi) is 10.7. The van der Waals surface area contributed by atoms with E-state index in [1.54, 1.807) is 5.57 Å². The van der Waals surface area contributed by atoms with E-state index < -0.39 is 0 Å². The lowest BCUT2D eigenvalue weighted by Gasteiger charge is -2.23. The van der Waals surface area contributed by atoms with Crippen molar-refractivity contribution in [3.63, 3.8) is 0 Å². The first-order valence-corrected chi connectivity index (χ1v) is 18.1. The number of hydrogen-bond acceptors (Lipinski definition) is 2. The summed E-state index contributed by atoms with van der Waals surface area (Å²) in [5.74, 6) is 1.14. The highest BCUT2D eigenvalue weighted by atomic mass is 14.9. The second-order valence-corrected chi connectivity index (χ2v) is 13.3. The van der Waals surface area contributed by atoms with Crippen LogP contribution in [0.15, 0.2) is 182 Å². The lowest BCUT2D eigenvalue weighted by atomic mass is 9.81. The molecule has 1 aliphatic rings. The summed E-state index contributed by atoms with van der Waals surface area (Å²) in [6.07, 6.45) is 16.4. The summed E-state index contributed by atoms with van der Waals surface area (Å²) >= 11 is 0. The van der Waals surface area contributed by atoms with Crippen LogP contribution in [0, 0.1) is 0 Å². The molecule has 5 aromatic carbocycles. The Hall–Kier alpha value is -5.86. The second-order valence-electron chi connectivity index (χ2n) is 13.3. The van der Waals surface area contributed by atoms with Gasteiger partial charge in [-0.05, 0) is 76.8 Å². The zero-order valence-electron chi connectivity index (χ0n) is 29.4. The average Bonchev–Trinajstić information content (AvgIpc) is 3.21. The Balaban J connectivity index is 1.20. The second kappa shape index (κ2) is 16.2. The zero-order chi connectivity index (χ0) is 34.8. The van der Waals surface area contributed by atoms with E-state index in [0.717, 1.165) is 39.5 Å². The monoisotopic (exact) mass is 660 g/mol. The van der Waals surface area contributed by atoms with E-state index in [-0.39, 0.29) is 0 Å². The SMILES string of the molecule is C=C/C=C(\C=C/Cc1cc(-c2ccc(-c3ccc(C(C)C4=CCCCC4)c(-c4ccccc4)c3)cc2)nc(-c2ccccc2)n1)c1ccccc1. The molecule has 0 N–H and O–H groups in total. The minimum absolute atomic E-state index is 0.403. The van der Waals surface area contributed by atoms with Crippen LogP contribution in [0.4, 0.5) is 0 Å². The summed E-state index contributed by atoms with van der Waals surface area (Å²) < 4.78 is 0. The topological polar surface area (TPSA) is 25.8 Å². The molecule has 1 heterocycles. The van der Waals surface area contributed by atoms with Gasteiger partial charge < -0.3 is 0 Å². The van der Waals surface area contributed by atoms with Crippen LogP contribution >= 0.6 is 0 Å². The molecular formula is C49H44N2. The van der Waals surface area contributed by atoms with E-state index >= 15 is 0 Å². The third-order valence-corrected chi connectivity index (χ3v) is 9.84. The normalized spacial score (nSPS) is 13.9. The Bertz CT molecular complexity index is 2170. The number of allylic oxidation sites excluding steroid dienone is 7. The van der Waals surface area contributed by atoms with Crippen molar-refractivity contribution in [2.24, 2.45) is 0 Å². The van der Waals surface area contributed by atoms with Gasteiger partial charge in [0.2, 0.25) is 0 Å². The van der Waals surface area contributed by atoms with E-state index in [1.807, 2.05) is 36.4 Å². The van der Waals surface area contributed by atoms with Crippen LogP contribution in [0.5, 0.6) is 0 Å². The number of benzene rings is 5. The average molecular weight is 661 g/mol. The van der Waals surface area contributed by atoms with Crippen LogP contribution in [0.3, 0.4) is 0 Å². The molecule has 0 saturated heterocycles. The van der Waals surface area contributed by atoms with Gasteiger partial charge in [0, 0.05) is 29.2 Å². The van der Waals surface area contributed by atoms with E-state index in [4.69, 9.17) is 9.97 Å². The van der Waals surface area contributed by atoms with Gasteiger partial charge >= 0.3 is 0 Å². The van der Waals surface area contributed by atoms with E-state index in [1.165, 1.54) is 53.5 Å². The molecule has 0 radical (unpaired) electrons. The van der Waals surface area contributed by atoms with Crippen LogP contribution in [-0.2, 0) is 6.42 Å². The van der Waals surface area contributed by atoms with Crippen molar-refractivity contribution < 1.29 is 0 Å². The molecule has 6 aromatic rings. The van der Waals surface area contributed by atoms with E-state index in [0.29, 0.717) is 12.3 Å². The summed E-state index contributed by atoms with van der Waals surface area (Å²) in [6.45, 7) is 6.30. The van der Waals surface area contributed by atoms with Gasteiger partial charge in [-0.3, -0.25) is 0 Å². The molecule has 0 aliphatic heterocycles. The standard InChI is InChI=1S/C49H44N2/c1-3-17-38(39-20-10-5-11-21-39)26-16-27-45-35-48(51-49(50-45)43-24-14-7-15-25-43)42-30-28-40(29-31-42)44-32-33-46(36(2)37-18-8-4-9-19-37)47(34-44)41-22-12-6-13-23-41/h3,5-7,10-18,20-26,28-36H,1,4,8-9,19,27H2,2H3/b26-16-,38-17+. The Morgan fingerprint density at radius 1 is 0.686 bits per heavy atom. The summed E-state index contributed by atoms with van der Waals surface area (Å²) in [7, 11) is 0. The fourth-order valence-corrected chi connectivity index (χ4v) is 7.05. The van der Waals surface area contributed by atoms with Crippen LogP contribution in [0.25, 0.3) is 50.5 Å². The van der Waals surface area contributed by atoms with Gasteiger partial charge in [0.1, 0.15) is 0 Å². The molecular weight excluding hydrogens is 617 g/mol. The zero-order valence-corrected chi connectivity index (χ0v) is 29.4. The van der Waals surface area contributed by atoms with Gasteiger partial charge in [-0.15, -0.1) is 0 Å². The fraction of sp³-hybridized carbons (Fsp3) is 0.143. The first-order valence-electron chi connectivity index (χ1n) is 18.1. The fourth-order valence-electron chi connectivity index (χ4n) is 7.05. The van der Waals surface area contributed by atoms with E-state index in [2.05, 4.69) is 147 Å². The van der Waals surface area contributed by atoms with Crippen molar-refractivity contribution in [1.82, 2.24) is 9.97 Å². The summed E-state index contributed by atoms with van der Waals surface area (Å²) in [6, 6.07) is 49.5. The quantitative estimate of drug-likeness (QED) is 0.102. The molecule has 7 rings (SSSR count). The molecule has 2 nitrogen and oxygen atoms in total. The van der Waals surface area contributed by atoms with Gasteiger partial charge in [0.15, 0.2) is 5.82 Å². The predicted octanol–water partition coefficient (Wildman–Crippen LogP) is 13.1. The Labute approximate surface area is 303 Å². The maximum atomic E-state index is 5.06. The summed E-state index contributed by atoms with van der Waals surface area (Å²) in [5, 5.41) is 0. The maximum absolute atomic E-state index is 5.06. The van der Waals surface area contributed by atoms with Crippen molar-refractivity contribution in [2.75, 3.05) is 0 Å². The molecule has 0 fully saturated rings. The molecule has 2 heteroatoms. The number of aromatic nitrogens is 2. The molecule has 0 amide bonds. The van der Waals surface area contributed by atoms with Crippen LogP contribution in [0.1, 0.15) is 55.3 Å². The van der Waals surface area contributed by atoms with Gasteiger partial charge in [-0.1, -0.05) is 177 Å². The largest absolute Gasteiger partial charge is 0.233 e. The van der Waals surface area contributed by atoms with Crippen LogP contribution < -0.4 is 0 Å². The lowest BCUT2D eigenvalue weighted by Crippen LogP contribution is -2.04. The molecule has 51 heavy (non-hydrogen) atoms. The first-order chi connectivity index (χ1) is 25.2. The predicted molar refractivity (Wildman–Crippen MR) is 216 cm³/mol. The van der Waals surface area contributed by atoms with Gasteiger partial charge in [-0.2, -0.15) is 0 Å². The van der Waals surface area contributed by atoms with Crippen LogP contribution in [-0.4, -0.2) is 9.97 Å². The van der Waals surface area contributed by atoms with Crippen molar-refractivity contribution >= 4 is 5.57 Å². The molecule has 1 unspecified atom stereocenters. The van der Waals surface area contributed by atoms with Crippen LogP contribution in [0.2, 0.25) is 0 Å². The summed E-state index contributed by atoms with van der Waals surface area (Å²) in [5.41, 5.74) is 14.2. The lowest BCUT2D eigenvalue weighted by molar-refractivity contribution is 0.658. The number of hydrogen-bond donors (Lipinski definition) is 0. The number of rotatable bonds is 11. The minimum atomic E-state index is 0.403. The highest BCUT2D eigenvalue weighted by Gasteiger charge is 2.19. The first kappa shape index (κ1) is 33.6. The van der Waals surface area contributed by atoms with E-state index in [9.17, 15) is 0 Å². The molecule has 1 aliphatic carbocycles. The molecule has 0 saturated carbocycles. The van der Waals surface area contributed by atoms with Crippen molar-refractivity contribution in [1.29, 1.82) is 0 Å². The van der Waals surface area contributed by atoms with Crippen molar-refractivity contribution in [3.05, 3.63) is 199 Å². The third-order valence-electron chi connectivity index (χ3n) is 9.84. The Morgan fingerprint density at radius 2 is 1.35 bits per heavy atom. The molecule has 250 valence electrons. The van der Waals surface area contributed by atoms with Crippen molar-refractivity contribution in [3.8, 4) is 44.9 Å². The van der Waals surface area contributed by atoms with Gasteiger partial charge in [0.05, 0.1) is 5.69 Å². The Morgan fingerprint density at radius 3 is 2.04 bits per heavy atom.